The highest BCUT2D eigenvalue weighted by molar-refractivity contribution is 7.86. The molecule has 2 aliphatic rings. The van der Waals surface area contributed by atoms with Crippen LogP contribution in [0.4, 0.5) is 0 Å². The Labute approximate surface area is 177 Å². The van der Waals surface area contributed by atoms with Crippen molar-refractivity contribution >= 4 is 21.7 Å². The zero-order valence-corrected chi connectivity index (χ0v) is 17.3. The number of carbonyl (C=O) groups excluding carboxylic acids is 2. The number of carbonyl (C=O) groups is 2. The van der Waals surface area contributed by atoms with Gasteiger partial charge in [0, 0.05) is 33.6 Å². The Kier molecular flexibility index (Phi) is 5.06. The standard InChI is InChI=1S/C20H17N3O7S/c1-29-10-3-4-11-12(6-10)20(26)17-13-7-15(30-31(2,27)28)18(22-23-21)16(13)9(8-24)5-14(17)19(11)25/h3-6,15,18,24H,7-8H2,1-2H3. The predicted octanol–water partition coefficient (Wildman–Crippen LogP) is 2.22. The molecular formula is C20H17N3O7S. The molecule has 11 heteroatoms. The van der Waals surface area contributed by atoms with Crippen molar-refractivity contribution < 1.29 is 32.0 Å². The van der Waals surface area contributed by atoms with E-state index in [1.165, 1.54) is 25.3 Å². The van der Waals surface area contributed by atoms with Gasteiger partial charge in [-0.1, -0.05) is 5.11 Å². The Morgan fingerprint density at radius 2 is 1.94 bits per heavy atom. The molecule has 2 aromatic carbocycles. The number of fused-ring (bicyclic) bond motifs is 4. The normalized spacial score (nSPS) is 19.3. The lowest BCUT2D eigenvalue weighted by Crippen LogP contribution is -2.24. The van der Waals surface area contributed by atoms with Crippen LogP contribution in [0.1, 0.15) is 54.6 Å². The number of benzene rings is 2. The summed E-state index contributed by atoms with van der Waals surface area (Å²) >= 11 is 0. The van der Waals surface area contributed by atoms with Crippen molar-refractivity contribution in [1.82, 2.24) is 0 Å². The number of azide groups is 1. The average Bonchev–Trinajstić information content (AvgIpc) is 3.07. The number of nitrogens with zero attached hydrogens (tertiary/aromatic N) is 3. The first-order valence-electron chi connectivity index (χ1n) is 9.19. The summed E-state index contributed by atoms with van der Waals surface area (Å²) in [4.78, 5) is 29.3. The van der Waals surface area contributed by atoms with E-state index in [-0.39, 0.29) is 34.2 Å². The molecule has 1 N–H and O–H groups in total. The Balaban J connectivity index is 1.97. The molecule has 0 heterocycles. The molecular weight excluding hydrogens is 426 g/mol. The van der Waals surface area contributed by atoms with Gasteiger partial charge in [0.2, 0.25) is 0 Å². The second-order valence-electron chi connectivity index (χ2n) is 7.27. The van der Waals surface area contributed by atoms with Gasteiger partial charge in [-0.05, 0) is 46.5 Å². The van der Waals surface area contributed by atoms with E-state index in [1.807, 2.05) is 0 Å². The number of rotatable bonds is 5. The molecule has 0 saturated heterocycles. The van der Waals surface area contributed by atoms with E-state index in [0.717, 1.165) is 6.26 Å². The molecule has 31 heavy (non-hydrogen) atoms. The number of ether oxygens (including phenoxy) is 1. The minimum atomic E-state index is -3.91. The molecule has 0 fully saturated rings. The monoisotopic (exact) mass is 443 g/mol. The quantitative estimate of drug-likeness (QED) is 0.274. The number of ketones is 2. The molecule has 0 aromatic heterocycles. The van der Waals surface area contributed by atoms with Crippen molar-refractivity contribution in [1.29, 1.82) is 0 Å². The highest BCUT2D eigenvalue weighted by atomic mass is 32.2. The predicted molar refractivity (Wildman–Crippen MR) is 108 cm³/mol. The largest absolute Gasteiger partial charge is 0.497 e. The van der Waals surface area contributed by atoms with E-state index in [1.54, 1.807) is 6.07 Å². The molecule has 0 radical (unpaired) electrons. The van der Waals surface area contributed by atoms with E-state index in [0.29, 0.717) is 16.9 Å². The van der Waals surface area contributed by atoms with Crippen molar-refractivity contribution in [2.45, 2.75) is 25.2 Å². The summed E-state index contributed by atoms with van der Waals surface area (Å²) < 4.78 is 33.8. The minimum absolute atomic E-state index is 0.0828. The molecule has 2 aromatic rings. The molecule has 4 rings (SSSR count). The highest BCUT2D eigenvalue weighted by Gasteiger charge is 2.43. The highest BCUT2D eigenvalue weighted by Crippen LogP contribution is 2.45. The summed E-state index contributed by atoms with van der Waals surface area (Å²) in [6.07, 6.45) is -0.323. The van der Waals surface area contributed by atoms with Crippen LogP contribution in [0.2, 0.25) is 0 Å². The number of hydrogen-bond donors (Lipinski definition) is 1. The third-order valence-electron chi connectivity index (χ3n) is 5.45. The van der Waals surface area contributed by atoms with Crippen molar-refractivity contribution in [3.8, 4) is 5.75 Å². The van der Waals surface area contributed by atoms with Crippen LogP contribution in [0.15, 0.2) is 29.4 Å². The summed E-state index contributed by atoms with van der Waals surface area (Å²) in [5.74, 6) is -0.446. The first-order valence-corrected chi connectivity index (χ1v) is 11.0. The second kappa shape index (κ2) is 7.47. The van der Waals surface area contributed by atoms with Crippen LogP contribution in [0, 0.1) is 0 Å². The van der Waals surface area contributed by atoms with Gasteiger partial charge in [-0.3, -0.25) is 13.8 Å². The van der Waals surface area contributed by atoms with Crippen molar-refractivity contribution in [2.24, 2.45) is 5.11 Å². The van der Waals surface area contributed by atoms with Crippen LogP contribution in [0.5, 0.6) is 5.75 Å². The van der Waals surface area contributed by atoms with Gasteiger partial charge >= 0.3 is 0 Å². The van der Waals surface area contributed by atoms with Gasteiger partial charge < -0.3 is 9.84 Å². The molecule has 10 nitrogen and oxygen atoms in total. The third kappa shape index (κ3) is 3.37. The number of hydrogen-bond acceptors (Lipinski definition) is 8. The van der Waals surface area contributed by atoms with E-state index in [4.69, 9.17) is 14.5 Å². The molecule has 0 saturated carbocycles. The maximum absolute atomic E-state index is 13.4. The zero-order valence-electron chi connectivity index (χ0n) is 16.5. The van der Waals surface area contributed by atoms with E-state index < -0.39 is 40.4 Å². The summed E-state index contributed by atoms with van der Waals surface area (Å²) in [5.41, 5.74) is 10.5. The van der Waals surface area contributed by atoms with Crippen LogP contribution in [-0.2, 0) is 27.3 Å². The number of aliphatic hydroxyl groups is 1. The second-order valence-corrected chi connectivity index (χ2v) is 8.87. The number of aliphatic hydroxyl groups excluding tert-OH is 1. The van der Waals surface area contributed by atoms with Crippen LogP contribution in [-0.4, -0.2) is 44.6 Å². The lowest BCUT2D eigenvalue weighted by atomic mass is 9.79. The minimum Gasteiger partial charge on any atom is -0.497 e. The average molecular weight is 443 g/mol. The Hall–Kier alpha value is -3.24. The molecule has 0 amide bonds. The van der Waals surface area contributed by atoms with Gasteiger partial charge in [0.25, 0.3) is 10.1 Å². The first kappa shape index (κ1) is 21.0. The maximum atomic E-state index is 13.4. The first-order chi connectivity index (χ1) is 14.7. The van der Waals surface area contributed by atoms with Gasteiger partial charge in [0.15, 0.2) is 11.6 Å². The summed E-state index contributed by atoms with van der Waals surface area (Å²) in [6.45, 7) is -0.504. The van der Waals surface area contributed by atoms with Crippen LogP contribution < -0.4 is 4.74 Å². The van der Waals surface area contributed by atoms with Crippen LogP contribution in [0.25, 0.3) is 10.4 Å². The summed E-state index contributed by atoms with van der Waals surface area (Å²) in [7, 11) is -2.48. The fraction of sp³-hybridized carbons (Fsp3) is 0.300. The molecule has 2 unspecified atom stereocenters. The Morgan fingerprint density at radius 3 is 2.55 bits per heavy atom. The number of methoxy groups -OCH3 is 1. The molecule has 0 spiro atoms. The SMILES string of the molecule is COc1ccc2c(c1)C(=O)c1c(cc(CO)c3c1CC(OS(C)(=O)=O)C3N=[N+]=[N-])C2=O. The van der Waals surface area contributed by atoms with Gasteiger partial charge in [-0.2, -0.15) is 8.42 Å². The summed E-state index contributed by atoms with van der Waals surface area (Å²) in [6, 6.07) is 4.85. The fourth-order valence-electron chi connectivity index (χ4n) is 4.28. The molecule has 2 aliphatic carbocycles. The lowest BCUT2D eigenvalue weighted by Gasteiger charge is -2.23. The smallest absolute Gasteiger partial charge is 0.264 e. The molecule has 2 atom stereocenters. The van der Waals surface area contributed by atoms with Gasteiger partial charge in [0.1, 0.15) is 5.75 Å². The third-order valence-corrected chi connectivity index (χ3v) is 6.04. The van der Waals surface area contributed by atoms with Crippen LogP contribution in [0.3, 0.4) is 0 Å². The topological polar surface area (TPSA) is 156 Å². The van der Waals surface area contributed by atoms with E-state index in [2.05, 4.69) is 10.0 Å². The molecule has 160 valence electrons. The van der Waals surface area contributed by atoms with Crippen molar-refractivity contribution in [3.05, 3.63) is 73.7 Å². The lowest BCUT2D eigenvalue weighted by molar-refractivity contribution is 0.0977. The maximum Gasteiger partial charge on any atom is 0.264 e. The summed E-state index contributed by atoms with van der Waals surface area (Å²) in [5, 5.41) is 13.6. The van der Waals surface area contributed by atoms with Gasteiger partial charge in [-0.25, -0.2) is 0 Å². The van der Waals surface area contributed by atoms with Crippen LogP contribution >= 0.6 is 0 Å². The molecule has 0 bridgehead atoms. The molecule has 0 aliphatic heterocycles. The van der Waals surface area contributed by atoms with Crippen molar-refractivity contribution in [3.63, 3.8) is 0 Å². The van der Waals surface area contributed by atoms with E-state index in [9.17, 15) is 23.1 Å². The van der Waals surface area contributed by atoms with Crippen molar-refractivity contribution in [2.75, 3.05) is 13.4 Å². The Morgan fingerprint density at radius 1 is 1.19 bits per heavy atom. The van der Waals surface area contributed by atoms with E-state index >= 15 is 0 Å². The Bertz CT molecular complexity index is 1300. The fourth-order valence-corrected chi connectivity index (χ4v) is 4.90. The zero-order chi connectivity index (χ0) is 22.5. The van der Waals surface area contributed by atoms with Gasteiger partial charge in [-0.15, -0.1) is 0 Å². The van der Waals surface area contributed by atoms with Gasteiger partial charge in [0.05, 0.1) is 32.1 Å².